The maximum Gasteiger partial charge on any atom is 0.323 e. The van der Waals surface area contributed by atoms with Gasteiger partial charge in [-0.1, -0.05) is 0 Å². The van der Waals surface area contributed by atoms with Crippen LogP contribution in [0.2, 0.25) is 0 Å². The highest BCUT2D eigenvalue weighted by atomic mass is 32.2. The Balaban J connectivity index is 4.77. The fraction of sp³-hybridized carbons (Fsp3) is 0.833. The number of carboxylic acid groups (broad SMARTS) is 1. The smallest absolute Gasteiger partial charge is 0.323 e. The van der Waals surface area contributed by atoms with E-state index in [1.165, 1.54) is 13.8 Å². The maximum absolute atomic E-state index is 10.8. The molecule has 7 heteroatoms. The molecule has 0 saturated carbocycles. The van der Waals surface area contributed by atoms with Crippen molar-refractivity contribution < 1.29 is 18.3 Å². The van der Waals surface area contributed by atoms with E-state index < -0.39 is 26.8 Å². The lowest BCUT2D eigenvalue weighted by Gasteiger charge is -2.25. The molecule has 0 saturated heterocycles. The van der Waals surface area contributed by atoms with Crippen molar-refractivity contribution in [3.8, 4) is 0 Å². The summed E-state index contributed by atoms with van der Waals surface area (Å²) in [5.41, 5.74) is 0. The molecule has 0 heterocycles. The van der Waals surface area contributed by atoms with Gasteiger partial charge in [0.15, 0.2) is 0 Å². The normalized spacial score (nSPS) is 15.4. The third-order valence-electron chi connectivity index (χ3n) is 1.29. The second kappa shape index (κ2) is 3.85. The molecule has 0 bridgehead atoms. The van der Waals surface area contributed by atoms with Crippen molar-refractivity contribution in [2.75, 3.05) is 6.26 Å². The lowest BCUT2D eigenvalue weighted by Crippen LogP contribution is -2.51. The first-order chi connectivity index (χ1) is 5.54. The summed E-state index contributed by atoms with van der Waals surface area (Å²) in [6.07, 6.45) is 0.905. The number of hydrogen-bond donors (Lipinski definition) is 3. The van der Waals surface area contributed by atoms with Crippen LogP contribution in [0.15, 0.2) is 0 Å². The van der Waals surface area contributed by atoms with Gasteiger partial charge in [-0.15, -0.1) is 0 Å². The van der Waals surface area contributed by atoms with Crippen molar-refractivity contribution in [1.82, 2.24) is 4.72 Å². The van der Waals surface area contributed by atoms with Gasteiger partial charge in [0, 0.05) is 4.75 Å². The predicted molar refractivity (Wildman–Crippen MR) is 52.5 cm³/mol. The van der Waals surface area contributed by atoms with Crippen LogP contribution >= 0.6 is 12.6 Å². The van der Waals surface area contributed by atoms with Crippen molar-refractivity contribution in [3.63, 3.8) is 0 Å². The van der Waals surface area contributed by atoms with Gasteiger partial charge in [-0.25, -0.2) is 8.42 Å². The number of nitrogens with one attached hydrogen (secondary N) is 1. The maximum atomic E-state index is 10.8. The highest BCUT2D eigenvalue weighted by Gasteiger charge is 2.34. The molecular formula is C6H13NO4S2. The molecule has 0 aliphatic carbocycles. The summed E-state index contributed by atoms with van der Waals surface area (Å²) in [6.45, 7) is 3.04. The van der Waals surface area contributed by atoms with Gasteiger partial charge in [-0.05, 0) is 13.8 Å². The van der Waals surface area contributed by atoms with Crippen LogP contribution in [0, 0.1) is 0 Å². The summed E-state index contributed by atoms with van der Waals surface area (Å²) in [7, 11) is -3.53. The molecule has 78 valence electrons. The summed E-state index contributed by atoms with van der Waals surface area (Å²) in [6, 6.07) is -1.23. The van der Waals surface area contributed by atoms with Crippen molar-refractivity contribution >= 4 is 28.6 Å². The number of thiol groups is 1. The molecule has 13 heavy (non-hydrogen) atoms. The van der Waals surface area contributed by atoms with Crippen LogP contribution < -0.4 is 4.72 Å². The molecular weight excluding hydrogens is 214 g/mol. The Bertz CT molecular complexity index is 290. The third kappa shape index (κ3) is 5.12. The minimum absolute atomic E-state index is 0.905. The zero-order valence-corrected chi connectivity index (χ0v) is 9.32. The van der Waals surface area contributed by atoms with E-state index in [2.05, 4.69) is 12.6 Å². The van der Waals surface area contributed by atoms with Gasteiger partial charge in [0.1, 0.15) is 6.04 Å². The zero-order chi connectivity index (χ0) is 10.9. The first-order valence-corrected chi connectivity index (χ1v) is 5.80. The van der Waals surface area contributed by atoms with Crippen LogP contribution in [0.25, 0.3) is 0 Å². The first kappa shape index (κ1) is 12.7. The van der Waals surface area contributed by atoms with Crippen LogP contribution in [0.1, 0.15) is 13.8 Å². The van der Waals surface area contributed by atoms with Crippen LogP contribution in [-0.2, 0) is 14.8 Å². The Morgan fingerprint density at radius 2 is 1.92 bits per heavy atom. The summed E-state index contributed by atoms with van der Waals surface area (Å²) >= 11 is 3.99. The summed E-state index contributed by atoms with van der Waals surface area (Å²) in [5.74, 6) is -1.24. The highest BCUT2D eigenvalue weighted by Crippen LogP contribution is 2.18. The fourth-order valence-corrected chi connectivity index (χ4v) is 1.80. The monoisotopic (exact) mass is 227 g/mol. The van der Waals surface area contributed by atoms with Crippen molar-refractivity contribution in [2.24, 2.45) is 0 Å². The van der Waals surface area contributed by atoms with E-state index in [0.29, 0.717) is 0 Å². The number of aliphatic carboxylic acids is 1. The Hall–Kier alpha value is -0.270. The molecule has 1 atom stereocenters. The zero-order valence-electron chi connectivity index (χ0n) is 7.60. The van der Waals surface area contributed by atoms with E-state index in [1.807, 2.05) is 4.72 Å². The molecule has 0 aromatic heterocycles. The van der Waals surface area contributed by atoms with E-state index in [4.69, 9.17) is 5.11 Å². The largest absolute Gasteiger partial charge is 0.480 e. The number of sulfonamides is 1. The SMILES string of the molecule is CC(C)(S)C(NS(C)(=O)=O)C(=O)O. The van der Waals surface area contributed by atoms with E-state index in [9.17, 15) is 13.2 Å². The standard InChI is InChI=1S/C6H13NO4S2/c1-6(2,12)4(5(8)9)7-13(3,10)11/h4,7,12H,1-3H3,(H,8,9). The summed E-state index contributed by atoms with van der Waals surface area (Å²) < 4.78 is 22.6. The second-order valence-electron chi connectivity index (χ2n) is 3.31. The molecule has 2 N–H and O–H groups in total. The third-order valence-corrected chi connectivity index (χ3v) is 2.21. The van der Waals surface area contributed by atoms with E-state index in [1.54, 1.807) is 0 Å². The summed E-state index contributed by atoms with van der Waals surface area (Å²) in [5, 5.41) is 8.70. The van der Waals surface area contributed by atoms with Gasteiger partial charge in [-0.2, -0.15) is 17.4 Å². The van der Waals surface area contributed by atoms with Gasteiger partial charge in [0.2, 0.25) is 10.0 Å². The number of hydrogen-bond acceptors (Lipinski definition) is 4. The Morgan fingerprint density at radius 1 is 1.54 bits per heavy atom. The second-order valence-corrected chi connectivity index (χ2v) is 6.25. The number of carbonyl (C=O) groups is 1. The Kier molecular flexibility index (Phi) is 3.77. The molecule has 0 aromatic rings. The molecule has 0 radical (unpaired) electrons. The number of carboxylic acids is 1. The van der Waals surface area contributed by atoms with Crippen molar-refractivity contribution in [3.05, 3.63) is 0 Å². The van der Waals surface area contributed by atoms with Crippen LogP contribution in [-0.4, -0.2) is 36.5 Å². The highest BCUT2D eigenvalue weighted by molar-refractivity contribution is 7.88. The van der Waals surface area contributed by atoms with Gasteiger partial charge in [-0.3, -0.25) is 4.79 Å². The van der Waals surface area contributed by atoms with E-state index >= 15 is 0 Å². The molecule has 0 aromatic carbocycles. The molecule has 0 spiro atoms. The van der Waals surface area contributed by atoms with Crippen molar-refractivity contribution in [2.45, 2.75) is 24.6 Å². The topological polar surface area (TPSA) is 83.5 Å². The fourth-order valence-electron chi connectivity index (χ4n) is 0.711. The van der Waals surface area contributed by atoms with Gasteiger partial charge >= 0.3 is 5.97 Å². The lowest BCUT2D eigenvalue weighted by molar-refractivity contribution is -0.139. The first-order valence-electron chi connectivity index (χ1n) is 3.46. The van der Waals surface area contributed by atoms with Gasteiger partial charge in [0.05, 0.1) is 6.26 Å². The average Bonchev–Trinajstić information content (AvgIpc) is 1.77. The van der Waals surface area contributed by atoms with E-state index in [0.717, 1.165) is 6.26 Å². The van der Waals surface area contributed by atoms with Crippen LogP contribution in [0.4, 0.5) is 0 Å². The molecule has 5 nitrogen and oxygen atoms in total. The predicted octanol–water partition coefficient (Wildman–Crippen LogP) is -0.303. The Morgan fingerprint density at radius 3 is 2.00 bits per heavy atom. The number of rotatable bonds is 4. The summed E-state index contributed by atoms with van der Waals surface area (Å²) in [4.78, 5) is 10.6. The molecule has 0 aliphatic heterocycles. The molecule has 0 aliphatic rings. The van der Waals surface area contributed by atoms with Crippen molar-refractivity contribution in [1.29, 1.82) is 0 Å². The quantitative estimate of drug-likeness (QED) is 0.576. The van der Waals surface area contributed by atoms with Crippen LogP contribution in [0.3, 0.4) is 0 Å². The molecule has 0 amide bonds. The average molecular weight is 227 g/mol. The van der Waals surface area contributed by atoms with Gasteiger partial charge in [0.25, 0.3) is 0 Å². The lowest BCUT2D eigenvalue weighted by atomic mass is 10.1. The minimum atomic E-state index is -3.53. The minimum Gasteiger partial charge on any atom is -0.480 e. The van der Waals surface area contributed by atoms with E-state index in [-0.39, 0.29) is 0 Å². The molecule has 0 rings (SSSR count). The van der Waals surface area contributed by atoms with Crippen LogP contribution in [0.5, 0.6) is 0 Å². The molecule has 1 unspecified atom stereocenters. The Labute approximate surface area is 83.0 Å². The van der Waals surface area contributed by atoms with Gasteiger partial charge < -0.3 is 5.11 Å². The molecule has 0 fully saturated rings.